The predicted octanol–water partition coefficient (Wildman–Crippen LogP) is 0.458. The van der Waals surface area contributed by atoms with Crippen LogP contribution in [0, 0.1) is 23.2 Å². The van der Waals surface area contributed by atoms with Crippen LogP contribution in [-0.4, -0.2) is 45.7 Å². The third-order valence-electron chi connectivity index (χ3n) is 6.18. The zero-order valence-corrected chi connectivity index (χ0v) is 12.1. The molecule has 3 rings (SSSR count). The number of hydrogen-bond donors (Lipinski definition) is 3. The number of esters is 1. The zero-order chi connectivity index (χ0) is 14.7. The van der Waals surface area contributed by atoms with Gasteiger partial charge in [-0.2, -0.15) is 0 Å². The molecule has 5 heteroatoms. The normalized spacial score (nSPS) is 55.0. The van der Waals surface area contributed by atoms with E-state index in [2.05, 4.69) is 0 Å². The van der Waals surface area contributed by atoms with Crippen molar-refractivity contribution >= 4 is 5.97 Å². The van der Waals surface area contributed by atoms with E-state index in [9.17, 15) is 20.1 Å². The number of fused-ring (bicyclic) bond motifs is 3. The molecule has 2 saturated carbocycles. The van der Waals surface area contributed by atoms with Gasteiger partial charge in [-0.15, -0.1) is 0 Å². The highest BCUT2D eigenvalue weighted by molar-refractivity contribution is 5.75. The molecule has 1 heterocycles. The highest BCUT2D eigenvalue weighted by Gasteiger charge is 2.66. The Hall–Kier alpha value is -0.650. The fourth-order valence-electron chi connectivity index (χ4n) is 4.98. The summed E-state index contributed by atoms with van der Waals surface area (Å²) < 4.78 is 5.56. The number of aliphatic hydroxyl groups is 3. The smallest absolute Gasteiger partial charge is 0.309 e. The fraction of sp³-hybridized carbons (Fsp3) is 0.933. The van der Waals surface area contributed by atoms with Crippen molar-refractivity contribution in [3.05, 3.63) is 0 Å². The van der Waals surface area contributed by atoms with Crippen LogP contribution in [0.2, 0.25) is 0 Å². The SMILES string of the molecule is CC1C(=O)OC2C1CCC(C)(O)C1CCC(O)C21CO. The van der Waals surface area contributed by atoms with Gasteiger partial charge in [-0.3, -0.25) is 4.79 Å². The summed E-state index contributed by atoms with van der Waals surface area (Å²) in [4.78, 5) is 11.9. The van der Waals surface area contributed by atoms with E-state index in [-0.39, 0.29) is 30.3 Å². The molecule has 0 aromatic carbocycles. The largest absolute Gasteiger partial charge is 0.461 e. The zero-order valence-electron chi connectivity index (χ0n) is 12.1. The maximum atomic E-state index is 11.9. The summed E-state index contributed by atoms with van der Waals surface area (Å²) in [6, 6.07) is 0. The number of aliphatic hydroxyl groups excluding tert-OH is 2. The lowest BCUT2D eigenvalue weighted by Gasteiger charge is -2.44. The van der Waals surface area contributed by atoms with E-state index in [1.54, 1.807) is 6.92 Å². The highest BCUT2D eigenvalue weighted by atomic mass is 16.6. The Morgan fingerprint density at radius 1 is 1.35 bits per heavy atom. The Morgan fingerprint density at radius 2 is 2.05 bits per heavy atom. The van der Waals surface area contributed by atoms with Crippen LogP contribution >= 0.6 is 0 Å². The quantitative estimate of drug-likeness (QED) is 0.609. The first kappa shape index (κ1) is 14.3. The van der Waals surface area contributed by atoms with Crippen molar-refractivity contribution in [2.45, 2.75) is 57.3 Å². The van der Waals surface area contributed by atoms with Gasteiger partial charge in [0.15, 0.2) is 0 Å². The van der Waals surface area contributed by atoms with Crippen molar-refractivity contribution in [1.29, 1.82) is 0 Å². The van der Waals surface area contributed by atoms with Crippen molar-refractivity contribution in [3.63, 3.8) is 0 Å². The van der Waals surface area contributed by atoms with E-state index >= 15 is 0 Å². The number of ether oxygens (including phenoxy) is 1. The molecule has 20 heavy (non-hydrogen) atoms. The molecule has 114 valence electrons. The fourth-order valence-corrected chi connectivity index (χ4v) is 4.98. The molecule has 1 saturated heterocycles. The van der Waals surface area contributed by atoms with E-state index in [0.29, 0.717) is 25.7 Å². The van der Waals surface area contributed by atoms with Crippen LogP contribution < -0.4 is 0 Å². The predicted molar refractivity (Wildman–Crippen MR) is 70.6 cm³/mol. The lowest BCUT2D eigenvalue weighted by Crippen LogP contribution is -2.55. The van der Waals surface area contributed by atoms with Crippen LogP contribution in [0.1, 0.15) is 39.5 Å². The number of rotatable bonds is 1. The second-order valence-electron chi connectivity index (χ2n) is 7.12. The summed E-state index contributed by atoms with van der Waals surface area (Å²) in [6.45, 7) is 3.37. The lowest BCUT2D eigenvalue weighted by molar-refractivity contribution is -0.171. The van der Waals surface area contributed by atoms with E-state index in [1.165, 1.54) is 0 Å². The van der Waals surface area contributed by atoms with E-state index in [4.69, 9.17) is 4.74 Å². The summed E-state index contributed by atoms with van der Waals surface area (Å²) in [5.74, 6) is -0.736. The van der Waals surface area contributed by atoms with Crippen LogP contribution in [-0.2, 0) is 9.53 Å². The first-order chi connectivity index (χ1) is 9.34. The molecule has 2 aliphatic carbocycles. The standard InChI is InChI=1S/C15H24O5/c1-8-9-5-6-14(2,19)10-3-4-11(17)15(10,7-16)12(9)20-13(8)18/h8-12,16-17,19H,3-7H2,1-2H3. The average Bonchev–Trinajstić information content (AvgIpc) is 2.84. The minimum absolute atomic E-state index is 0.0288. The van der Waals surface area contributed by atoms with Gasteiger partial charge >= 0.3 is 5.97 Å². The van der Waals surface area contributed by atoms with Gasteiger partial charge in [0.1, 0.15) is 6.10 Å². The third kappa shape index (κ3) is 1.63. The minimum atomic E-state index is -0.934. The van der Waals surface area contributed by atoms with Gasteiger partial charge in [-0.1, -0.05) is 6.92 Å². The van der Waals surface area contributed by atoms with Gasteiger partial charge < -0.3 is 20.1 Å². The average molecular weight is 284 g/mol. The van der Waals surface area contributed by atoms with Crippen LogP contribution in [0.4, 0.5) is 0 Å². The first-order valence-corrected chi connectivity index (χ1v) is 7.56. The van der Waals surface area contributed by atoms with Gasteiger partial charge in [0, 0.05) is 11.8 Å². The Bertz CT molecular complexity index is 420. The Balaban J connectivity index is 2.10. The molecule has 0 aromatic heterocycles. The first-order valence-electron chi connectivity index (χ1n) is 7.56. The van der Waals surface area contributed by atoms with Gasteiger partial charge in [0.25, 0.3) is 0 Å². The molecule has 3 aliphatic rings. The van der Waals surface area contributed by atoms with Crippen LogP contribution in [0.15, 0.2) is 0 Å². The Kier molecular flexibility index (Phi) is 3.16. The summed E-state index contributed by atoms with van der Waals surface area (Å²) in [6.07, 6.45) is 1.25. The minimum Gasteiger partial charge on any atom is -0.461 e. The van der Waals surface area contributed by atoms with Gasteiger partial charge in [-0.05, 0) is 32.6 Å². The van der Waals surface area contributed by atoms with E-state index < -0.39 is 23.2 Å². The molecule has 0 amide bonds. The Labute approximate surface area is 118 Å². The second kappa shape index (κ2) is 4.42. The molecule has 0 aromatic rings. The maximum Gasteiger partial charge on any atom is 0.309 e. The second-order valence-corrected chi connectivity index (χ2v) is 7.12. The van der Waals surface area contributed by atoms with E-state index in [1.807, 2.05) is 6.92 Å². The molecule has 3 N–H and O–H groups in total. The molecule has 5 nitrogen and oxygen atoms in total. The maximum absolute atomic E-state index is 11.9. The van der Waals surface area contributed by atoms with Crippen LogP contribution in [0.5, 0.6) is 0 Å². The van der Waals surface area contributed by atoms with Crippen molar-refractivity contribution < 1.29 is 24.9 Å². The lowest BCUT2D eigenvalue weighted by atomic mass is 9.65. The molecule has 0 bridgehead atoms. The molecule has 0 spiro atoms. The summed E-state index contributed by atoms with van der Waals surface area (Å²) >= 11 is 0. The number of carbonyl (C=O) groups is 1. The molecule has 3 fully saturated rings. The molecule has 7 atom stereocenters. The Morgan fingerprint density at radius 3 is 2.70 bits per heavy atom. The number of hydrogen-bond acceptors (Lipinski definition) is 5. The third-order valence-corrected chi connectivity index (χ3v) is 6.18. The summed E-state index contributed by atoms with van der Waals surface area (Å²) in [5.41, 5.74) is -1.85. The topological polar surface area (TPSA) is 87.0 Å². The molecular formula is C15H24O5. The molecule has 7 unspecified atom stereocenters. The molecule has 0 radical (unpaired) electrons. The van der Waals surface area contributed by atoms with Crippen molar-refractivity contribution in [2.75, 3.05) is 6.61 Å². The van der Waals surface area contributed by atoms with Crippen molar-refractivity contribution in [3.8, 4) is 0 Å². The monoisotopic (exact) mass is 284 g/mol. The molecular weight excluding hydrogens is 260 g/mol. The summed E-state index contributed by atoms with van der Waals surface area (Å²) in [5, 5.41) is 31.3. The number of carbonyl (C=O) groups excluding carboxylic acids is 1. The van der Waals surface area contributed by atoms with Gasteiger partial charge in [0.2, 0.25) is 0 Å². The summed E-state index contributed by atoms with van der Waals surface area (Å²) in [7, 11) is 0. The van der Waals surface area contributed by atoms with Crippen LogP contribution in [0.3, 0.4) is 0 Å². The van der Waals surface area contributed by atoms with Gasteiger partial charge in [0.05, 0.1) is 29.6 Å². The highest BCUT2D eigenvalue weighted by Crippen LogP contribution is 2.59. The van der Waals surface area contributed by atoms with Crippen molar-refractivity contribution in [1.82, 2.24) is 0 Å². The van der Waals surface area contributed by atoms with Crippen molar-refractivity contribution in [2.24, 2.45) is 23.2 Å². The van der Waals surface area contributed by atoms with E-state index in [0.717, 1.165) is 0 Å². The van der Waals surface area contributed by atoms with Gasteiger partial charge in [-0.25, -0.2) is 0 Å². The van der Waals surface area contributed by atoms with Crippen LogP contribution in [0.25, 0.3) is 0 Å². The molecule has 1 aliphatic heterocycles.